The molecule has 0 aromatic carbocycles. The van der Waals surface area contributed by atoms with Crippen LogP contribution < -0.4 is 0 Å². The fraction of sp³-hybridized carbons (Fsp3) is 0.909. The van der Waals surface area contributed by atoms with Crippen molar-refractivity contribution in [2.75, 3.05) is 38.8 Å². The van der Waals surface area contributed by atoms with Crippen molar-refractivity contribution in [2.24, 2.45) is 0 Å². The van der Waals surface area contributed by atoms with Gasteiger partial charge in [0.1, 0.15) is 13.2 Å². The average molecular weight is 304 g/mol. The molecule has 8 heteroatoms. The van der Waals surface area contributed by atoms with E-state index in [9.17, 15) is 18.0 Å². The number of halogens is 4. The van der Waals surface area contributed by atoms with Crippen molar-refractivity contribution in [3.63, 3.8) is 0 Å². The molecule has 1 amide bonds. The Labute approximate surface area is 114 Å². The van der Waals surface area contributed by atoms with Gasteiger partial charge in [0.2, 0.25) is 5.91 Å². The lowest BCUT2D eigenvalue weighted by molar-refractivity contribution is -0.178. The molecule has 1 rings (SSSR count). The van der Waals surface area contributed by atoms with E-state index in [0.29, 0.717) is 38.4 Å². The second-order valence-corrected chi connectivity index (χ2v) is 4.63. The zero-order chi connectivity index (χ0) is 14.3. The molecule has 1 fully saturated rings. The summed E-state index contributed by atoms with van der Waals surface area (Å²) >= 11 is 5.50. The lowest BCUT2D eigenvalue weighted by Gasteiger charge is -2.31. The van der Waals surface area contributed by atoms with Crippen LogP contribution >= 0.6 is 11.6 Å². The maximum atomic E-state index is 11.8. The van der Waals surface area contributed by atoms with Crippen LogP contribution in [0.2, 0.25) is 0 Å². The molecule has 1 aliphatic rings. The normalized spacial score (nSPS) is 17.8. The quantitative estimate of drug-likeness (QED) is 0.703. The topological polar surface area (TPSA) is 38.8 Å². The van der Waals surface area contributed by atoms with Crippen molar-refractivity contribution in [1.82, 2.24) is 4.90 Å². The van der Waals surface area contributed by atoms with Crippen LogP contribution in [0.5, 0.6) is 0 Å². The van der Waals surface area contributed by atoms with Crippen molar-refractivity contribution < 1.29 is 27.4 Å². The van der Waals surface area contributed by atoms with Crippen LogP contribution in [0, 0.1) is 0 Å². The number of carbonyl (C=O) groups excluding carboxylic acids is 1. The summed E-state index contributed by atoms with van der Waals surface area (Å²) in [6.45, 7) is -0.516. The largest absolute Gasteiger partial charge is 0.411 e. The van der Waals surface area contributed by atoms with Gasteiger partial charge >= 0.3 is 6.18 Å². The van der Waals surface area contributed by atoms with Gasteiger partial charge in [-0.2, -0.15) is 13.2 Å². The van der Waals surface area contributed by atoms with Crippen LogP contribution in [0.3, 0.4) is 0 Å². The maximum absolute atomic E-state index is 11.8. The Kier molecular flexibility index (Phi) is 6.88. The maximum Gasteiger partial charge on any atom is 0.411 e. The number of piperidine rings is 1. The molecule has 0 spiro atoms. The molecule has 0 atom stereocenters. The highest BCUT2D eigenvalue weighted by molar-refractivity contribution is 6.17. The number of carbonyl (C=O) groups is 1. The van der Waals surface area contributed by atoms with Crippen molar-refractivity contribution in [3.8, 4) is 0 Å². The lowest BCUT2D eigenvalue weighted by Crippen LogP contribution is -2.43. The molecule has 0 bridgehead atoms. The Hall–Kier alpha value is -0.530. The summed E-state index contributed by atoms with van der Waals surface area (Å²) in [4.78, 5) is 13.1. The van der Waals surface area contributed by atoms with Gasteiger partial charge in [-0.25, -0.2) is 0 Å². The molecule has 0 unspecified atom stereocenters. The Morgan fingerprint density at radius 1 is 1.32 bits per heavy atom. The first-order chi connectivity index (χ1) is 8.92. The second-order valence-electron chi connectivity index (χ2n) is 4.25. The van der Waals surface area contributed by atoms with E-state index in [-0.39, 0.29) is 6.10 Å². The van der Waals surface area contributed by atoms with Crippen molar-refractivity contribution >= 4 is 17.5 Å². The van der Waals surface area contributed by atoms with Crippen LogP contribution in [-0.4, -0.2) is 61.9 Å². The standard InChI is InChI=1S/C11H17ClF3NO3/c12-3-6-19-9-1-4-16(5-2-9)10(17)7-18-8-11(13,14)15/h9H,1-8H2. The lowest BCUT2D eigenvalue weighted by atomic mass is 10.1. The molecule has 1 aliphatic heterocycles. The van der Waals surface area contributed by atoms with E-state index in [1.807, 2.05) is 0 Å². The number of hydrogen-bond acceptors (Lipinski definition) is 3. The Morgan fingerprint density at radius 3 is 2.47 bits per heavy atom. The minimum Gasteiger partial charge on any atom is -0.377 e. The van der Waals surface area contributed by atoms with Gasteiger partial charge in [-0.3, -0.25) is 4.79 Å². The van der Waals surface area contributed by atoms with Crippen molar-refractivity contribution in [2.45, 2.75) is 25.1 Å². The molecule has 4 nitrogen and oxygen atoms in total. The number of likely N-dealkylation sites (tertiary alicyclic amines) is 1. The Bertz CT molecular complexity index is 281. The zero-order valence-electron chi connectivity index (χ0n) is 10.4. The summed E-state index contributed by atoms with van der Waals surface area (Å²) in [6.07, 6.45) is -2.99. The van der Waals surface area contributed by atoms with E-state index in [1.165, 1.54) is 4.90 Å². The van der Waals surface area contributed by atoms with Gasteiger partial charge < -0.3 is 14.4 Å². The summed E-state index contributed by atoms with van der Waals surface area (Å²) in [7, 11) is 0. The summed E-state index contributed by atoms with van der Waals surface area (Å²) in [5, 5.41) is 0. The molecular formula is C11H17ClF3NO3. The van der Waals surface area contributed by atoms with E-state index < -0.39 is 25.3 Å². The molecule has 0 radical (unpaired) electrons. The zero-order valence-corrected chi connectivity index (χ0v) is 11.2. The Morgan fingerprint density at radius 2 is 1.95 bits per heavy atom. The molecular weight excluding hydrogens is 287 g/mol. The van der Waals surface area contributed by atoms with Crippen molar-refractivity contribution in [3.05, 3.63) is 0 Å². The van der Waals surface area contributed by atoms with Crippen LogP contribution in [0.15, 0.2) is 0 Å². The van der Waals surface area contributed by atoms with E-state index in [1.54, 1.807) is 0 Å². The number of rotatable bonds is 6. The number of nitrogens with zero attached hydrogens (tertiary/aromatic N) is 1. The highest BCUT2D eigenvalue weighted by atomic mass is 35.5. The van der Waals surface area contributed by atoms with Crippen LogP contribution in [0.4, 0.5) is 13.2 Å². The molecule has 19 heavy (non-hydrogen) atoms. The summed E-state index contributed by atoms with van der Waals surface area (Å²) in [5.74, 6) is 0.00443. The van der Waals surface area contributed by atoms with Crippen LogP contribution in [0.25, 0.3) is 0 Å². The molecule has 1 saturated heterocycles. The molecule has 1 heterocycles. The van der Waals surface area contributed by atoms with Gasteiger partial charge in [-0.05, 0) is 12.8 Å². The first-order valence-electron chi connectivity index (χ1n) is 6.02. The SMILES string of the molecule is O=C(COCC(F)(F)F)N1CCC(OCCCl)CC1. The molecule has 0 aliphatic carbocycles. The van der Waals surface area contributed by atoms with Gasteiger partial charge in [0, 0.05) is 19.0 Å². The van der Waals surface area contributed by atoms with Crippen LogP contribution in [0.1, 0.15) is 12.8 Å². The summed E-state index contributed by atoms with van der Waals surface area (Å²) in [6, 6.07) is 0. The first-order valence-corrected chi connectivity index (χ1v) is 6.55. The minimum atomic E-state index is -4.40. The summed E-state index contributed by atoms with van der Waals surface area (Å²) in [5.41, 5.74) is 0. The van der Waals surface area contributed by atoms with Gasteiger partial charge in [0.05, 0.1) is 12.7 Å². The monoisotopic (exact) mass is 303 g/mol. The molecule has 0 saturated carbocycles. The van der Waals surface area contributed by atoms with Gasteiger partial charge in [-0.1, -0.05) is 0 Å². The van der Waals surface area contributed by atoms with Crippen molar-refractivity contribution in [1.29, 1.82) is 0 Å². The van der Waals surface area contributed by atoms with Gasteiger partial charge in [-0.15, -0.1) is 11.6 Å². The average Bonchev–Trinajstić information content (AvgIpc) is 2.35. The number of alkyl halides is 4. The fourth-order valence-corrected chi connectivity index (χ4v) is 1.92. The third-order valence-electron chi connectivity index (χ3n) is 2.72. The smallest absolute Gasteiger partial charge is 0.377 e. The summed E-state index contributed by atoms with van der Waals surface area (Å²) < 4.78 is 45.3. The van der Waals surface area contributed by atoms with E-state index in [0.717, 1.165) is 0 Å². The third kappa shape index (κ3) is 6.98. The predicted octanol–water partition coefficient (Wildman–Crippen LogP) is 1.81. The predicted molar refractivity (Wildman–Crippen MR) is 63.1 cm³/mol. The minimum absolute atomic E-state index is 0.0684. The number of hydrogen-bond donors (Lipinski definition) is 0. The second kappa shape index (κ2) is 7.91. The molecule has 0 N–H and O–H groups in total. The molecule has 0 aromatic rings. The first kappa shape index (κ1) is 16.5. The number of ether oxygens (including phenoxy) is 2. The number of amides is 1. The molecule has 112 valence electrons. The Balaban J connectivity index is 2.18. The molecule has 0 aromatic heterocycles. The van der Waals surface area contributed by atoms with Gasteiger partial charge in [0.15, 0.2) is 0 Å². The fourth-order valence-electron chi connectivity index (χ4n) is 1.83. The van der Waals surface area contributed by atoms with E-state index in [2.05, 4.69) is 4.74 Å². The van der Waals surface area contributed by atoms with Gasteiger partial charge in [0.25, 0.3) is 0 Å². The third-order valence-corrected chi connectivity index (χ3v) is 2.87. The highest BCUT2D eigenvalue weighted by Crippen LogP contribution is 2.16. The van der Waals surface area contributed by atoms with E-state index in [4.69, 9.17) is 16.3 Å². The highest BCUT2D eigenvalue weighted by Gasteiger charge is 2.29. The van der Waals surface area contributed by atoms with E-state index >= 15 is 0 Å². The van der Waals surface area contributed by atoms with Crippen LogP contribution in [-0.2, 0) is 14.3 Å².